The van der Waals surface area contributed by atoms with Gasteiger partial charge in [-0.15, -0.1) is 0 Å². The van der Waals surface area contributed by atoms with E-state index in [4.69, 9.17) is 0 Å². The number of carbonyl (C=O) groups excluding carboxylic acids is 2. The Morgan fingerprint density at radius 1 is 1.14 bits per heavy atom. The number of carbonyl (C=O) groups is 2. The summed E-state index contributed by atoms with van der Waals surface area (Å²) < 4.78 is 13.9. The normalized spacial score (nSPS) is 17.9. The van der Waals surface area contributed by atoms with E-state index in [2.05, 4.69) is 21.2 Å². The fraction of sp³-hybridized carbons (Fsp3) is 0.125. The number of anilines is 2. The Hall–Kier alpha value is -2.21. The van der Waals surface area contributed by atoms with Crippen molar-refractivity contribution in [2.24, 2.45) is 0 Å². The molecule has 112 valence electrons. The molecule has 2 aromatic carbocycles. The van der Waals surface area contributed by atoms with E-state index in [1.165, 1.54) is 12.1 Å². The van der Waals surface area contributed by atoms with Gasteiger partial charge < -0.3 is 5.32 Å². The van der Waals surface area contributed by atoms with Gasteiger partial charge >= 0.3 is 0 Å². The molecule has 1 N–H and O–H groups in total. The number of nitrogens with zero attached hydrogens (tertiary/aromatic N) is 1. The van der Waals surface area contributed by atoms with E-state index in [9.17, 15) is 14.0 Å². The molecular formula is C16H12BrFN2O2. The highest BCUT2D eigenvalue weighted by molar-refractivity contribution is 9.10. The first-order valence-corrected chi connectivity index (χ1v) is 7.49. The van der Waals surface area contributed by atoms with E-state index in [1.807, 2.05) is 0 Å². The van der Waals surface area contributed by atoms with Crippen LogP contribution in [0.25, 0.3) is 0 Å². The average molecular weight is 363 g/mol. The molecule has 0 aliphatic carbocycles. The van der Waals surface area contributed by atoms with E-state index in [-0.39, 0.29) is 18.2 Å². The summed E-state index contributed by atoms with van der Waals surface area (Å²) in [5.74, 6) is -1.03. The molecule has 1 fully saturated rings. The number of benzene rings is 2. The molecule has 2 aromatic rings. The van der Waals surface area contributed by atoms with Crippen LogP contribution in [-0.4, -0.2) is 17.9 Å². The van der Waals surface area contributed by atoms with Gasteiger partial charge in [-0.1, -0.05) is 18.2 Å². The van der Waals surface area contributed by atoms with E-state index >= 15 is 0 Å². The molecule has 22 heavy (non-hydrogen) atoms. The molecule has 2 amide bonds. The average Bonchev–Trinajstić information content (AvgIpc) is 2.74. The topological polar surface area (TPSA) is 49.4 Å². The smallest absolute Gasteiger partial charge is 0.256 e. The van der Waals surface area contributed by atoms with Crippen LogP contribution in [0, 0.1) is 5.82 Å². The number of amides is 2. The highest BCUT2D eigenvalue weighted by atomic mass is 79.9. The predicted molar refractivity (Wildman–Crippen MR) is 85.1 cm³/mol. The van der Waals surface area contributed by atoms with E-state index in [1.54, 1.807) is 36.4 Å². The standard InChI is InChI=1S/C16H12BrFN2O2/c17-12-6-1-2-7-14(12)20-15(21)9-13(16(20)22)19-11-5-3-4-10(18)8-11/h1-8,13,19H,9H2/t13-/m0/s1. The van der Waals surface area contributed by atoms with Gasteiger partial charge in [0, 0.05) is 10.2 Å². The third-order valence-electron chi connectivity index (χ3n) is 3.41. The van der Waals surface area contributed by atoms with E-state index in [0.717, 1.165) is 4.90 Å². The molecule has 0 unspecified atom stereocenters. The summed E-state index contributed by atoms with van der Waals surface area (Å²) in [4.78, 5) is 25.8. The summed E-state index contributed by atoms with van der Waals surface area (Å²) in [6, 6.07) is 12.1. The maximum atomic E-state index is 13.2. The Balaban J connectivity index is 1.84. The zero-order valence-electron chi connectivity index (χ0n) is 11.4. The van der Waals surface area contributed by atoms with Gasteiger partial charge in [-0.2, -0.15) is 0 Å². The lowest BCUT2D eigenvalue weighted by atomic mass is 10.2. The Labute approximate surface area is 135 Å². The molecule has 1 atom stereocenters. The van der Waals surface area contributed by atoms with Crippen LogP contribution >= 0.6 is 15.9 Å². The van der Waals surface area contributed by atoms with Gasteiger partial charge in [-0.3, -0.25) is 9.59 Å². The van der Waals surface area contributed by atoms with Crippen LogP contribution in [0.4, 0.5) is 15.8 Å². The molecule has 1 saturated heterocycles. The molecule has 6 heteroatoms. The zero-order chi connectivity index (χ0) is 15.7. The lowest BCUT2D eigenvalue weighted by molar-refractivity contribution is -0.121. The first-order chi connectivity index (χ1) is 10.6. The van der Waals surface area contributed by atoms with Crippen LogP contribution in [0.5, 0.6) is 0 Å². The Bertz CT molecular complexity index is 750. The number of halogens is 2. The van der Waals surface area contributed by atoms with Crippen molar-refractivity contribution in [3.05, 3.63) is 58.8 Å². The molecule has 1 heterocycles. The second-order valence-electron chi connectivity index (χ2n) is 4.93. The molecule has 0 aromatic heterocycles. The third kappa shape index (κ3) is 2.74. The van der Waals surface area contributed by atoms with Gasteiger partial charge in [0.15, 0.2) is 0 Å². The van der Waals surface area contributed by atoms with Gasteiger partial charge in [0.05, 0.1) is 12.1 Å². The lowest BCUT2D eigenvalue weighted by Gasteiger charge is -2.17. The van der Waals surface area contributed by atoms with Gasteiger partial charge in [0.2, 0.25) is 5.91 Å². The SMILES string of the molecule is O=C1C[C@H](Nc2cccc(F)c2)C(=O)N1c1ccccc1Br. The van der Waals surface area contributed by atoms with Crippen LogP contribution in [-0.2, 0) is 9.59 Å². The first-order valence-electron chi connectivity index (χ1n) is 6.69. The second-order valence-corrected chi connectivity index (χ2v) is 5.78. The molecule has 4 nitrogen and oxygen atoms in total. The molecule has 3 rings (SSSR count). The summed E-state index contributed by atoms with van der Waals surface area (Å²) in [5, 5.41) is 2.91. The maximum Gasteiger partial charge on any atom is 0.256 e. The summed E-state index contributed by atoms with van der Waals surface area (Å²) >= 11 is 3.34. The van der Waals surface area contributed by atoms with Crippen molar-refractivity contribution in [3.63, 3.8) is 0 Å². The van der Waals surface area contributed by atoms with Crippen molar-refractivity contribution in [1.82, 2.24) is 0 Å². The highest BCUT2D eigenvalue weighted by Gasteiger charge is 2.40. The summed E-state index contributed by atoms with van der Waals surface area (Å²) in [6.07, 6.45) is 0.0384. The fourth-order valence-corrected chi connectivity index (χ4v) is 2.87. The number of para-hydroxylation sites is 1. The van der Waals surface area contributed by atoms with Crippen LogP contribution < -0.4 is 10.2 Å². The van der Waals surface area contributed by atoms with Crippen LogP contribution in [0.3, 0.4) is 0 Å². The van der Waals surface area contributed by atoms with Crippen LogP contribution in [0.1, 0.15) is 6.42 Å². The minimum absolute atomic E-state index is 0.0384. The third-order valence-corrected chi connectivity index (χ3v) is 4.08. The molecular weight excluding hydrogens is 351 g/mol. The Morgan fingerprint density at radius 2 is 1.91 bits per heavy atom. The van der Waals surface area contributed by atoms with Crippen molar-refractivity contribution in [2.75, 3.05) is 10.2 Å². The summed E-state index contributed by atoms with van der Waals surface area (Å²) in [6.45, 7) is 0. The number of imide groups is 1. The minimum Gasteiger partial charge on any atom is -0.373 e. The maximum absolute atomic E-state index is 13.2. The second kappa shape index (κ2) is 5.88. The van der Waals surface area contributed by atoms with Crippen molar-refractivity contribution in [1.29, 1.82) is 0 Å². The number of nitrogens with one attached hydrogen (secondary N) is 1. The first kappa shape index (κ1) is 14.7. The highest BCUT2D eigenvalue weighted by Crippen LogP contribution is 2.31. The van der Waals surface area contributed by atoms with Crippen LogP contribution in [0.15, 0.2) is 53.0 Å². The molecule has 0 spiro atoms. The quantitative estimate of drug-likeness (QED) is 0.852. The minimum atomic E-state index is -0.693. The van der Waals surface area contributed by atoms with Gasteiger partial charge in [-0.25, -0.2) is 9.29 Å². The van der Waals surface area contributed by atoms with Crippen molar-refractivity contribution in [2.45, 2.75) is 12.5 Å². The predicted octanol–water partition coefficient (Wildman–Crippen LogP) is 3.33. The molecule has 0 radical (unpaired) electrons. The number of hydrogen-bond acceptors (Lipinski definition) is 3. The lowest BCUT2D eigenvalue weighted by Crippen LogP contribution is -2.35. The van der Waals surface area contributed by atoms with Crippen molar-refractivity contribution < 1.29 is 14.0 Å². The van der Waals surface area contributed by atoms with E-state index < -0.39 is 11.9 Å². The summed E-state index contributed by atoms with van der Waals surface area (Å²) in [5.41, 5.74) is 0.987. The number of rotatable bonds is 3. The monoisotopic (exact) mass is 362 g/mol. The summed E-state index contributed by atoms with van der Waals surface area (Å²) in [7, 11) is 0. The molecule has 0 bridgehead atoms. The zero-order valence-corrected chi connectivity index (χ0v) is 13.0. The fourth-order valence-electron chi connectivity index (χ4n) is 2.41. The molecule has 0 saturated carbocycles. The largest absolute Gasteiger partial charge is 0.373 e. The molecule has 1 aliphatic heterocycles. The van der Waals surface area contributed by atoms with Gasteiger partial charge in [0.25, 0.3) is 5.91 Å². The Kier molecular flexibility index (Phi) is 3.94. The van der Waals surface area contributed by atoms with Crippen molar-refractivity contribution >= 4 is 39.1 Å². The van der Waals surface area contributed by atoms with Crippen molar-refractivity contribution in [3.8, 4) is 0 Å². The molecule has 1 aliphatic rings. The Morgan fingerprint density at radius 3 is 2.64 bits per heavy atom. The van der Waals surface area contributed by atoms with Gasteiger partial charge in [0.1, 0.15) is 11.9 Å². The number of hydrogen-bond donors (Lipinski definition) is 1. The van der Waals surface area contributed by atoms with Crippen LogP contribution in [0.2, 0.25) is 0 Å². The van der Waals surface area contributed by atoms with E-state index in [0.29, 0.717) is 15.8 Å². The van der Waals surface area contributed by atoms with Gasteiger partial charge in [-0.05, 0) is 46.3 Å².